The molecule has 2 aliphatic heterocycles. The number of nitrogens with two attached hydrogens (primary N) is 1. The third-order valence-electron chi connectivity index (χ3n) is 24.3. The summed E-state index contributed by atoms with van der Waals surface area (Å²) in [6, 6.07) is 44.2. The van der Waals surface area contributed by atoms with Crippen molar-refractivity contribution >= 4 is 97.0 Å². The number of benzene rings is 5. The predicted octanol–water partition coefficient (Wildman–Crippen LogP) is 19.4. The molecule has 20 rings (SSSR count). The SMILES string of the molecule is CCC1CN(c2cc(Cc3ccc(F)c(F)c3)nc(-n3nc(C)cc3C)n2)CCO1.CCn1cnc2c(-n3nc(C)cc3C)nc(Nc3ccc(C)c(F)c3)cc21.Cc1cc(C)n(-c2cc(N3CCNC(C(N)=O)C3)nc(Cc3ccc(C)c(F)c3)n2)n1.Cc1cc(C)n(-c2nc(Nc3ccc(C)c(F)c3)cc3c2ncn3C(C)C)n1.Cc1cc(C)n(-c2nc(Nc3ccc(Cl)cc3)nc3c2ncn3C(C)C)n1. The molecule has 2 unspecified atom stereocenters. The summed E-state index contributed by atoms with van der Waals surface area (Å²) in [7, 11) is 0. The Morgan fingerprint density at radius 1 is 0.455 bits per heavy atom. The average Bonchev–Trinajstić information content (AvgIpc) is 1.64. The fourth-order valence-corrected chi connectivity index (χ4v) is 17.0. The van der Waals surface area contributed by atoms with Crippen LogP contribution in [0.2, 0.25) is 5.02 Å². The van der Waals surface area contributed by atoms with E-state index in [-0.39, 0.29) is 35.6 Å². The van der Waals surface area contributed by atoms with Gasteiger partial charge in [-0.05, 0) is 256 Å². The minimum absolute atomic E-state index is 0.153. The lowest BCUT2D eigenvalue weighted by molar-refractivity contribution is -0.120. The number of ether oxygens (including phenoxy) is 1. The van der Waals surface area contributed by atoms with Crippen molar-refractivity contribution in [3.63, 3.8) is 0 Å². The van der Waals surface area contributed by atoms with Crippen LogP contribution in [0.3, 0.4) is 0 Å². The van der Waals surface area contributed by atoms with Crippen LogP contribution in [0.5, 0.6) is 0 Å². The Morgan fingerprint density at radius 3 is 1.48 bits per heavy atom. The molecular weight excluding hydrogens is 1850 g/mol. The van der Waals surface area contributed by atoms with Crippen LogP contribution in [-0.2, 0) is 28.9 Å². The van der Waals surface area contributed by atoms with Gasteiger partial charge in [-0.3, -0.25) is 4.79 Å². The topological polar surface area (TPSA) is 353 Å². The van der Waals surface area contributed by atoms with E-state index in [0.29, 0.717) is 142 Å². The van der Waals surface area contributed by atoms with E-state index in [4.69, 9.17) is 57.0 Å². The maximum Gasteiger partial charge on any atom is 0.252 e. The van der Waals surface area contributed by atoms with Gasteiger partial charge in [-0.2, -0.15) is 40.4 Å². The molecule has 15 heterocycles. The number of aromatic nitrogens is 24. The van der Waals surface area contributed by atoms with Gasteiger partial charge in [0, 0.05) is 139 Å². The fourth-order valence-electron chi connectivity index (χ4n) is 16.9. The van der Waals surface area contributed by atoms with Crippen LogP contribution in [0.25, 0.3) is 62.5 Å². The largest absolute Gasteiger partial charge is 0.375 e. The number of halogens is 6. The van der Waals surface area contributed by atoms with Crippen molar-refractivity contribution in [3.05, 3.63) is 301 Å². The molecule has 39 heteroatoms. The molecule has 143 heavy (non-hydrogen) atoms. The molecular formula is C104H115ClF5N31O2. The Balaban J connectivity index is 0.000000128. The Bertz CT molecular complexity index is 7680. The lowest BCUT2D eigenvalue weighted by Crippen LogP contribution is -2.56. The second kappa shape index (κ2) is 43.3. The highest BCUT2D eigenvalue weighted by atomic mass is 35.5. The van der Waals surface area contributed by atoms with Crippen LogP contribution in [-0.4, -0.2) is 175 Å². The molecule has 1 amide bonds. The summed E-state index contributed by atoms with van der Waals surface area (Å²) in [5.41, 5.74) is 25.9. The summed E-state index contributed by atoms with van der Waals surface area (Å²) in [5, 5.41) is 36.3. The first-order valence-electron chi connectivity index (χ1n) is 47.3. The number of piperazine rings is 1. The van der Waals surface area contributed by atoms with Crippen LogP contribution in [0.4, 0.5) is 68.2 Å². The lowest BCUT2D eigenvalue weighted by Gasteiger charge is -2.33. The highest BCUT2D eigenvalue weighted by molar-refractivity contribution is 6.30. The average molecular weight is 1960 g/mol. The molecule has 18 aromatic rings. The van der Waals surface area contributed by atoms with E-state index in [9.17, 15) is 26.7 Å². The van der Waals surface area contributed by atoms with Gasteiger partial charge in [0.05, 0.1) is 76.9 Å². The molecule has 0 aliphatic carbocycles. The molecule has 2 saturated heterocycles. The van der Waals surface area contributed by atoms with E-state index in [1.54, 1.807) is 76.4 Å². The van der Waals surface area contributed by atoms with Crippen LogP contribution < -0.4 is 36.8 Å². The third kappa shape index (κ3) is 23.4. The summed E-state index contributed by atoms with van der Waals surface area (Å²) in [4.78, 5) is 67.4. The first kappa shape index (κ1) is 100. The molecule has 5 aromatic carbocycles. The summed E-state index contributed by atoms with van der Waals surface area (Å²) in [6.45, 7) is 42.0. The maximum absolute atomic E-state index is 14.1. The number of anilines is 8. The number of primary amides is 1. The number of nitrogens with one attached hydrogen (secondary N) is 4. The summed E-state index contributed by atoms with van der Waals surface area (Å²) in [6.07, 6.45) is 7.24. The van der Waals surface area contributed by atoms with E-state index in [2.05, 4.69) is 118 Å². The van der Waals surface area contributed by atoms with Gasteiger partial charge in [0.25, 0.3) is 5.95 Å². The van der Waals surface area contributed by atoms with Gasteiger partial charge in [-0.15, -0.1) is 0 Å². The third-order valence-corrected chi connectivity index (χ3v) is 24.5. The number of hydrogen-bond acceptors (Lipinski definition) is 24. The summed E-state index contributed by atoms with van der Waals surface area (Å²) >= 11 is 5.98. The van der Waals surface area contributed by atoms with Crippen LogP contribution in [0.15, 0.2) is 171 Å². The first-order valence-corrected chi connectivity index (χ1v) is 47.7. The Hall–Kier alpha value is -15.6. The maximum atomic E-state index is 14.1. The van der Waals surface area contributed by atoms with Crippen molar-refractivity contribution in [3.8, 4) is 29.2 Å². The quantitative estimate of drug-likeness (QED) is 0.0393. The molecule has 33 nitrogen and oxygen atoms in total. The van der Waals surface area contributed by atoms with Crippen molar-refractivity contribution in [2.24, 2.45) is 5.73 Å². The molecule has 0 saturated carbocycles. The zero-order valence-corrected chi connectivity index (χ0v) is 84.1. The number of pyridine rings is 2. The van der Waals surface area contributed by atoms with E-state index >= 15 is 0 Å². The number of rotatable bonds is 22. The normalized spacial score (nSPS) is 13.7. The van der Waals surface area contributed by atoms with Gasteiger partial charge >= 0.3 is 0 Å². The molecule has 0 radical (unpaired) electrons. The number of amides is 1. The number of aryl methyl sites for hydroxylation is 14. The monoisotopic (exact) mass is 1960 g/mol. The lowest BCUT2D eigenvalue weighted by atomic mass is 10.1. The summed E-state index contributed by atoms with van der Waals surface area (Å²) in [5.74, 6) is 3.92. The van der Waals surface area contributed by atoms with Crippen LogP contribution >= 0.6 is 11.6 Å². The highest BCUT2D eigenvalue weighted by Gasteiger charge is 2.29. The van der Waals surface area contributed by atoms with Crippen LogP contribution in [0.1, 0.15) is 156 Å². The molecule has 0 bridgehead atoms. The van der Waals surface area contributed by atoms with Crippen molar-refractivity contribution in [1.29, 1.82) is 0 Å². The fraction of sp³-hybridized carbons (Fsp3) is 0.317. The van der Waals surface area contributed by atoms with Gasteiger partial charge in [0.15, 0.2) is 46.1 Å². The Kier molecular flexibility index (Phi) is 30.4. The minimum atomic E-state index is -0.862. The molecule has 2 aliphatic rings. The zero-order chi connectivity index (χ0) is 102. The number of carbonyl (C=O) groups excluding carboxylic acids is 1. The number of fused-ring (bicyclic) bond motifs is 3. The van der Waals surface area contributed by atoms with Crippen molar-refractivity contribution in [1.82, 2.24) is 123 Å². The van der Waals surface area contributed by atoms with Gasteiger partial charge < -0.3 is 55.2 Å². The number of morpholine rings is 1. The minimum Gasteiger partial charge on any atom is -0.375 e. The molecule has 2 fully saturated rings. The van der Waals surface area contributed by atoms with E-state index < -0.39 is 23.6 Å². The van der Waals surface area contributed by atoms with Crippen molar-refractivity contribution in [2.45, 2.75) is 182 Å². The Morgan fingerprint density at radius 2 is 0.937 bits per heavy atom. The van der Waals surface area contributed by atoms with E-state index in [0.717, 1.165) is 139 Å². The number of nitrogens with zero attached hydrogens (tertiary/aromatic N) is 26. The Labute approximate surface area is 829 Å². The second-order valence-electron chi connectivity index (χ2n) is 36.4. The van der Waals surface area contributed by atoms with Gasteiger partial charge in [0.1, 0.15) is 63.6 Å². The molecule has 0 spiro atoms. The van der Waals surface area contributed by atoms with E-state index in [1.165, 1.54) is 24.3 Å². The van der Waals surface area contributed by atoms with Crippen LogP contribution in [0, 0.1) is 119 Å². The molecule has 13 aromatic heterocycles. The smallest absolute Gasteiger partial charge is 0.252 e. The number of imidazole rings is 3. The highest BCUT2D eigenvalue weighted by Crippen LogP contribution is 2.34. The number of hydrogen-bond donors (Lipinski definition) is 5. The van der Waals surface area contributed by atoms with Gasteiger partial charge in [-0.1, -0.05) is 48.9 Å². The number of carbonyl (C=O) groups is 1. The molecule has 740 valence electrons. The predicted molar refractivity (Wildman–Crippen MR) is 546 cm³/mol. The van der Waals surface area contributed by atoms with Gasteiger partial charge in [-0.25, -0.2) is 85.2 Å². The molecule has 6 N–H and O–H groups in total. The van der Waals surface area contributed by atoms with Crippen molar-refractivity contribution < 1.29 is 31.5 Å². The first-order chi connectivity index (χ1) is 68.4. The van der Waals surface area contributed by atoms with Gasteiger partial charge in [0.2, 0.25) is 11.9 Å². The standard InChI is InChI=1S/C22H25F2N5O.C22H26FN7O.C21H23FN6.C20H21FN6.C19H20ClN7/c1-4-18-13-28(7-8-30-18)21-12-17(10-16-5-6-19(23)20(24)11-16)25-22(26-21)29-15(3)9-14(2)27-29;1-13-4-5-16(9-17(13)23)10-19-26-20(29-7-6-25-18(12-29)22(24)31)11-21(27-19)30-15(3)8-14(2)28-30;1-12(2)27-11-23-20-18(27)10-19(24-16-7-6-13(3)17(22)9-16)25-21(20)28-15(5)8-14(4)26-28;1-5-26-11-22-19-17(26)10-18(23-15-7-6-12(2)16(21)9-15)24-20(19)27-14(4)8-13(3)25-27;1-11(2)26-10-21-16-17(26)23-19(22-15-7-5-14(20)6-8-15)24-18(16)27-13(4)9-12(3)25-27/h5-6,9,11-12,18H,4,7-8,10,13H2,1-3H3;4-5,8-9,11,18,25H,6-7,10,12H2,1-3H3,(H2,24,31);6-12H,1-5H3,(H,24,25);6-11H,5H2,1-4H3,(H,23,24);5-11H,1-4H3,(H,22,23,24). The summed E-state index contributed by atoms with van der Waals surface area (Å²) < 4.78 is 89.8. The second-order valence-corrected chi connectivity index (χ2v) is 36.8. The zero-order valence-electron chi connectivity index (χ0n) is 83.3. The van der Waals surface area contributed by atoms with E-state index in [1.807, 2.05) is 191 Å². The van der Waals surface area contributed by atoms with Crippen molar-refractivity contribution in [2.75, 3.05) is 65.1 Å². The molecule has 2 atom stereocenters.